The normalized spacial score (nSPS) is 15.2. The average Bonchev–Trinajstić information content (AvgIpc) is 2.70. The lowest BCUT2D eigenvalue weighted by molar-refractivity contribution is -0.128. The van der Waals surface area contributed by atoms with Gasteiger partial charge in [-0.15, -0.1) is 0 Å². The van der Waals surface area contributed by atoms with Crippen molar-refractivity contribution in [3.63, 3.8) is 0 Å². The SMILES string of the molecule is CNC(=O)[C@H]1CN(C(=O)COc2cccc(C#N)c2)c2ccccc2O1. The quantitative estimate of drug-likeness (QED) is 0.901. The number of amides is 2. The van der Waals surface area contributed by atoms with E-state index in [-0.39, 0.29) is 25.0 Å². The molecule has 0 aromatic heterocycles. The Bertz CT molecular complexity index is 875. The van der Waals surface area contributed by atoms with Crippen LogP contribution in [0, 0.1) is 11.3 Å². The van der Waals surface area contributed by atoms with E-state index in [2.05, 4.69) is 5.32 Å². The topological polar surface area (TPSA) is 91.7 Å². The van der Waals surface area contributed by atoms with Crippen LogP contribution in [-0.4, -0.2) is 38.1 Å². The molecule has 2 aromatic rings. The average molecular weight is 351 g/mol. The summed E-state index contributed by atoms with van der Waals surface area (Å²) in [5, 5.41) is 11.5. The van der Waals surface area contributed by atoms with E-state index < -0.39 is 6.10 Å². The predicted molar refractivity (Wildman–Crippen MR) is 93.9 cm³/mol. The van der Waals surface area contributed by atoms with Gasteiger partial charge in [0.15, 0.2) is 12.7 Å². The number of hydrogen-bond donors (Lipinski definition) is 1. The maximum absolute atomic E-state index is 12.7. The van der Waals surface area contributed by atoms with Crippen molar-refractivity contribution in [2.75, 3.05) is 25.1 Å². The zero-order chi connectivity index (χ0) is 18.5. The van der Waals surface area contributed by atoms with Gasteiger partial charge >= 0.3 is 0 Å². The van der Waals surface area contributed by atoms with Gasteiger partial charge in [-0.25, -0.2) is 0 Å². The standard InChI is InChI=1S/C19H17N3O4/c1-21-19(24)17-11-22(15-7-2-3-8-16(15)26-17)18(23)12-25-14-6-4-5-13(9-14)10-20/h2-9,17H,11-12H2,1H3,(H,21,24)/t17-/m1/s1. The van der Waals surface area contributed by atoms with Gasteiger partial charge in [0.2, 0.25) is 0 Å². The number of anilines is 1. The minimum absolute atomic E-state index is 0.0944. The van der Waals surface area contributed by atoms with Gasteiger partial charge in [0, 0.05) is 7.05 Å². The Hall–Kier alpha value is -3.53. The fraction of sp³-hybridized carbons (Fsp3) is 0.211. The van der Waals surface area contributed by atoms with E-state index in [0.29, 0.717) is 22.7 Å². The number of carbonyl (C=O) groups excluding carboxylic acids is 2. The maximum Gasteiger partial charge on any atom is 0.265 e. The summed E-state index contributed by atoms with van der Waals surface area (Å²) in [6, 6.07) is 15.6. The highest BCUT2D eigenvalue weighted by molar-refractivity contribution is 5.98. The van der Waals surface area contributed by atoms with E-state index >= 15 is 0 Å². The van der Waals surface area contributed by atoms with Crippen LogP contribution in [0.25, 0.3) is 0 Å². The molecule has 1 N–H and O–H groups in total. The predicted octanol–water partition coefficient (Wildman–Crippen LogP) is 1.48. The van der Waals surface area contributed by atoms with Crippen LogP contribution in [0.2, 0.25) is 0 Å². The number of benzene rings is 2. The molecule has 1 heterocycles. The first-order valence-corrected chi connectivity index (χ1v) is 8.03. The van der Waals surface area contributed by atoms with Crippen molar-refractivity contribution < 1.29 is 19.1 Å². The Morgan fingerprint density at radius 1 is 1.31 bits per heavy atom. The van der Waals surface area contributed by atoms with Crippen molar-refractivity contribution in [1.29, 1.82) is 5.26 Å². The van der Waals surface area contributed by atoms with E-state index in [9.17, 15) is 9.59 Å². The van der Waals surface area contributed by atoms with Crippen LogP contribution in [-0.2, 0) is 9.59 Å². The van der Waals surface area contributed by atoms with Gasteiger partial charge in [0.1, 0.15) is 11.5 Å². The summed E-state index contributed by atoms with van der Waals surface area (Å²) in [5.74, 6) is 0.283. The number of rotatable bonds is 4. The number of likely N-dealkylation sites (N-methyl/N-ethyl adjacent to an activating group) is 1. The van der Waals surface area contributed by atoms with Gasteiger partial charge < -0.3 is 19.7 Å². The molecular formula is C19H17N3O4. The van der Waals surface area contributed by atoms with Gasteiger partial charge in [-0.2, -0.15) is 5.26 Å². The summed E-state index contributed by atoms with van der Waals surface area (Å²) >= 11 is 0. The summed E-state index contributed by atoms with van der Waals surface area (Å²) in [7, 11) is 1.52. The van der Waals surface area contributed by atoms with Gasteiger partial charge in [-0.3, -0.25) is 9.59 Å². The molecule has 0 bridgehead atoms. The Kier molecular flexibility index (Phi) is 5.04. The Balaban J connectivity index is 1.76. The Labute approximate surface area is 150 Å². The second-order valence-corrected chi connectivity index (χ2v) is 5.62. The van der Waals surface area contributed by atoms with Crippen LogP contribution < -0.4 is 19.7 Å². The smallest absolute Gasteiger partial charge is 0.265 e. The van der Waals surface area contributed by atoms with Gasteiger partial charge in [-0.1, -0.05) is 18.2 Å². The Morgan fingerprint density at radius 2 is 2.12 bits per heavy atom. The van der Waals surface area contributed by atoms with Gasteiger partial charge in [-0.05, 0) is 30.3 Å². The fourth-order valence-electron chi connectivity index (χ4n) is 2.65. The lowest BCUT2D eigenvalue weighted by atomic mass is 10.1. The molecule has 3 rings (SSSR count). The monoisotopic (exact) mass is 351 g/mol. The van der Waals surface area contributed by atoms with Crippen LogP contribution in [0.15, 0.2) is 48.5 Å². The number of para-hydroxylation sites is 2. The van der Waals surface area contributed by atoms with Crippen LogP contribution in [0.1, 0.15) is 5.56 Å². The molecule has 7 nitrogen and oxygen atoms in total. The number of ether oxygens (including phenoxy) is 2. The van der Waals surface area contributed by atoms with E-state index in [1.807, 2.05) is 6.07 Å². The molecule has 0 radical (unpaired) electrons. The summed E-state index contributed by atoms with van der Waals surface area (Å²) in [5.41, 5.74) is 1.04. The first-order valence-electron chi connectivity index (χ1n) is 8.03. The van der Waals surface area contributed by atoms with Crippen molar-refractivity contribution in [1.82, 2.24) is 5.32 Å². The third-order valence-electron chi connectivity index (χ3n) is 3.94. The first-order chi connectivity index (χ1) is 12.6. The second-order valence-electron chi connectivity index (χ2n) is 5.62. The Morgan fingerprint density at radius 3 is 2.88 bits per heavy atom. The minimum atomic E-state index is -0.791. The molecule has 0 saturated heterocycles. The summed E-state index contributed by atoms with van der Waals surface area (Å²) in [4.78, 5) is 26.1. The number of nitrogens with one attached hydrogen (secondary N) is 1. The zero-order valence-electron chi connectivity index (χ0n) is 14.1. The van der Waals surface area contributed by atoms with Crippen LogP contribution in [0.3, 0.4) is 0 Å². The molecule has 7 heteroatoms. The molecule has 2 aromatic carbocycles. The van der Waals surface area contributed by atoms with Gasteiger partial charge in [0.05, 0.1) is 23.9 Å². The molecule has 1 aliphatic heterocycles. The van der Waals surface area contributed by atoms with E-state index in [0.717, 1.165) is 0 Å². The summed E-state index contributed by atoms with van der Waals surface area (Å²) < 4.78 is 11.2. The highest BCUT2D eigenvalue weighted by Crippen LogP contribution is 2.33. The molecule has 1 atom stereocenters. The molecule has 2 amide bonds. The number of hydrogen-bond acceptors (Lipinski definition) is 5. The van der Waals surface area contributed by atoms with E-state index in [1.54, 1.807) is 48.5 Å². The van der Waals surface area contributed by atoms with Crippen molar-refractivity contribution >= 4 is 17.5 Å². The van der Waals surface area contributed by atoms with Crippen LogP contribution in [0.5, 0.6) is 11.5 Å². The summed E-state index contributed by atoms with van der Waals surface area (Å²) in [6.45, 7) is -0.124. The van der Waals surface area contributed by atoms with E-state index in [1.165, 1.54) is 11.9 Å². The van der Waals surface area contributed by atoms with Gasteiger partial charge in [0.25, 0.3) is 11.8 Å². The zero-order valence-corrected chi connectivity index (χ0v) is 14.1. The van der Waals surface area contributed by atoms with Crippen molar-refractivity contribution in [2.45, 2.75) is 6.10 Å². The largest absolute Gasteiger partial charge is 0.484 e. The number of nitriles is 1. The fourth-order valence-corrected chi connectivity index (χ4v) is 2.65. The molecular weight excluding hydrogens is 334 g/mol. The lowest BCUT2D eigenvalue weighted by Crippen LogP contribution is -2.51. The molecule has 0 saturated carbocycles. The number of fused-ring (bicyclic) bond motifs is 1. The second kappa shape index (κ2) is 7.57. The lowest BCUT2D eigenvalue weighted by Gasteiger charge is -2.33. The maximum atomic E-state index is 12.7. The number of nitrogens with zero attached hydrogens (tertiary/aromatic N) is 2. The van der Waals surface area contributed by atoms with E-state index in [4.69, 9.17) is 14.7 Å². The molecule has 0 spiro atoms. The molecule has 26 heavy (non-hydrogen) atoms. The molecule has 0 aliphatic carbocycles. The molecule has 0 fully saturated rings. The van der Waals surface area contributed by atoms with Crippen molar-refractivity contribution in [3.8, 4) is 17.6 Å². The minimum Gasteiger partial charge on any atom is -0.484 e. The third kappa shape index (κ3) is 3.59. The highest BCUT2D eigenvalue weighted by Gasteiger charge is 2.33. The van der Waals surface area contributed by atoms with Crippen LogP contribution >= 0.6 is 0 Å². The van der Waals surface area contributed by atoms with Crippen molar-refractivity contribution in [3.05, 3.63) is 54.1 Å². The highest BCUT2D eigenvalue weighted by atomic mass is 16.5. The van der Waals surface area contributed by atoms with Crippen molar-refractivity contribution in [2.24, 2.45) is 0 Å². The third-order valence-corrected chi connectivity index (χ3v) is 3.94. The first kappa shape index (κ1) is 17.3. The molecule has 1 aliphatic rings. The summed E-state index contributed by atoms with van der Waals surface area (Å²) in [6.07, 6.45) is -0.791. The molecule has 0 unspecified atom stereocenters. The molecule has 132 valence electrons. The van der Waals surface area contributed by atoms with Crippen LogP contribution in [0.4, 0.5) is 5.69 Å². The number of carbonyl (C=O) groups is 2.